The van der Waals surface area contributed by atoms with Crippen LogP contribution < -0.4 is 5.73 Å². The van der Waals surface area contributed by atoms with Crippen LogP contribution in [-0.4, -0.2) is 9.38 Å². The molecule has 19 heavy (non-hydrogen) atoms. The van der Waals surface area contributed by atoms with Crippen LogP contribution in [0.2, 0.25) is 0 Å². The van der Waals surface area contributed by atoms with Crippen molar-refractivity contribution in [2.45, 2.75) is 19.9 Å². The Morgan fingerprint density at radius 1 is 1.11 bits per heavy atom. The van der Waals surface area contributed by atoms with Gasteiger partial charge in [-0.15, -0.1) is 0 Å². The second-order valence-corrected chi connectivity index (χ2v) is 4.90. The molecule has 0 aliphatic rings. The van der Waals surface area contributed by atoms with Crippen LogP contribution in [-0.2, 0) is 0 Å². The normalized spacial score (nSPS) is 12.8. The summed E-state index contributed by atoms with van der Waals surface area (Å²) in [7, 11) is 0. The minimum absolute atomic E-state index is 0.154. The molecule has 2 heterocycles. The minimum Gasteiger partial charge on any atom is -0.319 e. The fourth-order valence-electron chi connectivity index (χ4n) is 2.48. The number of aryl methyl sites for hydroxylation is 2. The molecule has 0 saturated heterocycles. The van der Waals surface area contributed by atoms with E-state index in [1.165, 1.54) is 5.56 Å². The van der Waals surface area contributed by atoms with Crippen molar-refractivity contribution >= 4 is 5.65 Å². The molecule has 2 N–H and O–H groups in total. The van der Waals surface area contributed by atoms with Gasteiger partial charge < -0.3 is 10.1 Å². The maximum Gasteiger partial charge on any atom is 0.137 e. The van der Waals surface area contributed by atoms with Crippen LogP contribution in [0.4, 0.5) is 0 Å². The average molecular weight is 251 g/mol. The van der Waals surface area contributed by atoms with Crippen LogP contribution in [0.15, 0.2) is 48.7 Å². The van der Waals surface area contributed by atoms with Gasteiger partial charge in [0.1, 0.15) is 5.65 Å². The first-order valence-electron chi connectivity index (χ1n) is 6.42. The van der Waals surface area contributed by atoms with Gasteiger partial charge in [-0.25, -0.2) is 4.98 Å². The predicted octanol–water partition coefficient (Wildman–Crippen LogP) is 3.00. The van der Waals surface area contributed by atoms with Gasteiger partial charge in [0.2, 0.25) is 0 Å². The van der Waals surface area contributed by atoms with E-state index in [1.807, 2.05) is 31.3 Å². The Balaban J connectivity index is 2.17. The Morgan fingerprint density at radius 2 is 1.84 bits per heavy atom. The highest BCUT2D eigenvalue weighted by molar-refractivity contribution is 5.47. The average Bonchev–Trinajstić information content (AvgIpc) is 2.74. The molecule has 3 heteroatoms. The van der Waals surface area contributed by atoms with Crippen LogP contribution in [0.5, 0.6) is 0 Å². The molecule has 0 saturated carbocycles. The number of hydrogen-bond donors (Lipinski definition) is 1. The number of aromatic nitrogens is 2. The first kappa shape index (κ1) is 11.9. The molecule has 0 aliphatic carbocycles. The first-order valence-corrected chi connectivity index (χ1v) is 6.42. The summed E-state index contributed by atoms with van der Waals surface area (Å²) in [6, 6.07) is 14.1. The lowest BCUT2D eigenvalue weighted by molar-refractivity contribution is 0.804. The molecule has 3 aromatic rings. The third-order valence-corrected chi connectivity index (χ3v) is 3.46. The van der Waals surface area contributed by atoms with Crippen molar-refractivity contribution in [2.75, 3.05) is 0 Å². The highest BCUT2D eigenvalue weighted by Crippen LogP contribution is 2.24. The molecule has 0 amide bonds. The van der Waals surface area contributed by atoms with Crippen LogP contribution in [0.1, 0.15) is 28.6 Å². The summed E-state index contributed by atoms with van der Waals surface area (Å²) in [5, 5.41) is 0. The van der Waals surface area contributed by atoms with Gasteiger partial charge in [-0.05, 0) is 37.1 Å². The third kappa shape index (κ3) is 2.02. The number of hydrogen-bond acceptors (Lipinski definition) is 2. The molecule has 3 nitrogen and oxygen atoms in total. The van der Waals surface area contributed by atoms with Crippen molar-refractivity contribution in [1.82, 2.24) is 9.38 Å². The van der Waals surface area contributed by atoms with Gasteiger partial charge in [0.05, 0.1) is 17.4 Å². The molecule has 3 rings (SSSR count). The Morgan fingerprint density at radius 3 is 2.58 bits per heavy atom. The smallest absolute Gasteiger partial charge is 0.137 e. The van der Waals surface area contributed by atoms with Crippen LogP contribution in [0.3, 0.4) is 0 Å². The number of nitrogens with zero attached hydrogens (tertiary/aromatic N) is 2. The molecule has 1 aromatic carbocycles. The van der Waals surface area contributed by atoms with Crippen LogP contribution >= 0.6 is 0 Å². The monoisotopic (exact) mass is 251 g/mol. The van der Waals surface area contributed by atoms with E-state index in [0.717, 1.165) is 22.6 Å². The van der Waals surface area contributed by atoms with Gasteiger partial charge in [0, 0.05) is 6.20 Å². The molecular weight excluding hydrogens is 234 g/mol. The Bertz CT molecular complexity index is 713. The van der Waals surface area contributed by atoms with E-state index >= 15 is 0 Å². The van der Waals surface area contributed by atoms with E-state index in [0.29, 0.717) is 0 Å². The lowest BCUT2D eigenvalue weighted by Crippen LogP contribution is -2.15. The Kier molecular flexibility index (Phi) is 2.84. The topological polar surface area (TPSA) is 43.3 Å². The number of fused-ring (bicyclic) bond motifs is 1. The lowest BCUT2D eigenvalue weighted by Gasteiger charge is -2.13. The Labute approximate surface area is 112 Å². The standard InChI is InChI=1S/C16H17N3/c1-11-8-9-19-14(10-11)18-12(2)16(19)15(17)13-6-4-3-5-7-13/h3-10,15H,17H2,1-2H3. The van der Waals surface area contributed by atoms with Crippen molar-refractivity contribution in [2.24, 2.45) is 5.73 Å². The second kappa shape index (κ2) is 4.52. The number of benzene rings is 1. The van der Waals surface area contributed by atoms with E-state index < -0.39 is 0 Å². The van der Waals surface area contributed by atoms with E-state index in [4.69, 9.17) is 5.73 Å². The fourth-order valence-corrected chi connectivity index (χ4v) is 2.48. The maximum atomic E-state index is 6.40. The van der Waals surface area contributed by atoms with Crippen LogP contribution in [0.25, 0.3) is 5.65 Å². The van der Waals surface area contributed by atoms with Crippen molar-refractivity contribution in [1.29, 1.82) is 0 Å². The zero-order valence-electron chi connectivity index (χ0n) is 11.2. The van der Waals surface area contributed by atoms with Gasteiger partial charge in [-0.3, -0.25) is 0 Å². The summed E-state index contributed by atoms with van der Waals surface area (Å²) in [6.45, 7) is 4.08. The molecule has 0 fully saturated rings. The van der Waals surface area contributed by atoms with Gasteiger partial charge in [-0.1, -0.05) is 30.3 Å². The summed E-state index contributed by atoms with van der Waals surface area (Å²) in [5.41, 5.74) is 11.7. The van der Waals surface area contributed by atoms with Gasteiger partial charge in [0.15, 0.2) is 0 Å². The zero-order chi connectivity index (χ0) is 13.4. The summed E-state index contributed by atoms with van der Waals surface area (Å²) in [5.74, 6) is 0. The number of pyridine rings is 1. The highest BCUT2D eigenvalue weighted by Gasteiger charge is 2.17. The Hall–Kier alpha value is -2.13. The molecule has 0 spiro atoms. The SMILES string of the molecule is Cc1ccn2c(C(N)c3ccccc3)c(C)nc2c1. The molecular formula is C16H17N3. The number of rotatable bonds is 2. The van der Waals surface area contributed by atoms with Gasteiger partial charge >= 0.3 is 0 Å². The van der Waals surface area contributed by atoms with Gasteiger partial charge in [0.25, 0.3) is 0 Å². The molecule has 0 bridgehead atoms. The second-order valence-electron chi connectivity index (χ2n) is 4.90. The minimum atomic E-state index is -0.154. The fraction of sp³-hybridized carbons (Fsp3) is 0.188. The van der Waals surface area contributed by atoms with E-state index in [2.05, 4.69) is 40.6 Å². The first-order chi connectivity index (χ1) is 9.16. The van der Waals surface area contributed by atoms with E-state index in [1.54, 1.807) is 0 Å². The summed E-state index contributed by atoms with van der Waals surface area (Å²) in [4.78, 5) is 4.60. The molecule has 96 valence electrons. The lowest BCUT2D eigenvalue weighted by atomic mass is 10.0. The maximum absolute atomic E-state index is 6.40. The summed E-state index contributed by atoms with van der Waals surface area (Å²) in [6.07, 6.45) is 2.04. The summed E-state index contributed by atoms with van der Waals surface area (Å²) < 4.78 is 2.08. The van der Waals surface area contributed by atoms with Gasteiger partial charge in [-0.2, -0.15) is 0 Å². The highest BCUT2D eigenvalue weighted by atomic mass is 15.0. The number of nitrogens with two attached hydrogens (primary N) is 1. The van der Waals surface area contributed by atoms with Crippen molar-refractivity contribution in [3.8, 4) is 0 Å². The summed E-state index contributed by atoms with van der Waals surface area (Å²) >= 11 is 0. The quantitative estimate of drug-likeness (QED) is 0.761. The number of imidazole rings is 1. The third-order valence-electron chi connectivity index (χ3n) is 3.46. The van der Waals surface area contributed by atoms with Crippen molar-refractivity contribution in [3.05, 3.63) is 71.2 Å². The van der Waals surface area contributed by atoms with E-state index in [9.17, 15) is 0 Å². The molecule has 2 aromatic heterocycles. The van der Waals surface area contributed by atoms with E-state index in [-0.39, 0.29) is 6.04 Å². The molecule has 1 unspecified atom stereocenters. The predicted molar refractivity (Wildman–Crippen MR) is 77.1 cm³/mol. The molecule has 0 aliphatic heterocycles. The van der Waals surface area contributed by atoms with Crippen molar-refractivity contribution < 1.29 is 0 Å². The largest absolute Gasteiger partial charge is 0.319 e. The molecule has 0 radical (unpaired) electrons. The van der Waals surface area contributed by atoms with Crippen molar-refractivity contribution in [3.63, 3.8) is 0 Å². The van der Waals surface area contributed by atoms with Crippen LogP contribution in [0, 0.1) is 13.8 Å². The zero-order valence-corrected chi connectivity index (χ0v) is 11.2. The molecule has 1 atom stereocenters.